The second-order valence-corrected chi connectivity index (χ2v) is 11.3. The third kappa shape index (κ3) is 5.66. The number of sulfonamides is 1. The van der Waals surface area contributed by atoms with E-state index >= 15 is 0 Å². The molecule has 0 radical (unpaired) electrons. The molecule has 0 amide bonds. The Kier molecular flexibility index (Phi) is 7.23. The lowest BCUT2D eigenvalue weighted by molar-refractivity contribution is 0.410. The van der Waals surface area contributed by atoms with Crippen LogP contribution in [0.3, 0.4) is 0 Å². The smallest absolute Gasteiger partial charge is 0.265 e. The average molecular weight is 538 g/mol. The van der Waals surface area contributed by atoms with Crippen molar-refractivity contribution in [3.05, 3.63) is 65.6 Å². The van der Waals surface area contributed by atoms with Crippen LogP contribution in [0.25, 0.3) is 22.0 Å². The van der Waals surface area contributed by atoms with Crippen molar-refractivity contribution in [1.82, 2.24) is 19.9 Å². The van der Waals surface area contributed by atoms with Gasteiger partial charge < -0.3 is 11.1 Å². The monoisotopic (exact) mass is 537 g/mol. The summed E-state index contributed by atoms with van der Waals surface area (Å²) >= 11 is 6.04. The van der Waals surface area contributed by atoms with E-state index in [1.54, 1.807) is 24.5 Å². The van der Waals surface area contributed by atoms with E-state index in [1.165, 1.54) is 12.1 Å². The van der Waals surface area contributed by atoms with Gasteiger partial charge in [-0.05, 0) is 67.5 Å². The van der Waals surface area contributed by atoms with Gasteiger partial charge in [0.1, 0.15) is 4.90 Å². The van der Waals surface area contributed by atoms with Gasteiger partial charge in [-0.2, -0.15) is 0 Å². The van der Waals surface area contributed by atoms with Gasteiger partial charge in [0, 0.05) is 41.6 Å². The Hall–Kier alpha value is -3.34. The van der Waals surface area contributed by atoms with Gasteiger partial charge in [0.25, 0.3) is 10.0 Å². The number of nitrogens with one attached hydrogen (secondary N) is 2. The lowest BCUT2D eigenvalue weighted by Crippen LogP contribution is -2.33. The zero-order chi connectivity index (χ0) is 26.0. The molecule has 2 aromatic heterocycles. The fourth-order valence-electron chi connectivity index (χ4n) is 4.54. The summed E-state index contributed by atoms with van der Waals surface area (Å²) in [5.74, 6) is 0.594. The highest BCUT2D eigenvalue weighted by Crippen LogP contribution is 2.29. The number of benzene rings is 2. The van der Waals surface area contributed by atoms with Crippen LogP contribution in [-0.2, 0) is 16.4 Å². The van der Waals surface area contributed by atoms with Gasteiger partial charge in [0.2, 0.25) is 11.9 Å². The number of anilines is 2. The number of halogens is 1. The normalized spacial score (nSPS) is 18.0. The van der Waals surface area contributed by atoms with Gasteiger partial charge in [0.05, 0.1) is 10.5 Å². The summed E-state index contributed by atoms with van der Waals surface area (Å²) in [5, 5.41) is 4.50. The van der Waals surface area contributed by atoms with Gasteiger partial charge in [-0.25, -0.2) is 33.1 Å². The zero-order valence-electron chi connectivity index (χ0n) is 20.4. The summed E-state index contributed by atoms with van der Waals surface area (Å²) in [7, 11) is -3.91. The van der Waals surface area contributed by atoms with Crippen LogP contribution in [0.2, 0.25) is 5.02 Å². The molecule has 4 N–H and O–H groups in total. The highest BCUT2D eigenvalue weighted by Gasteiger charge is 2.20. The zero-order valence-corrected chi connectivity index (χ0v) is 21.9. The lowest BCUT2D eigenvalue weighted by Gasteiger charge is -2.26. The maximum absolute atomic E-state index is 12.7. The third-order valence-electron chi connectivity index (χ3n) is 6.58. The van der Waals surface area contributed by atoms with Crippen LogP contribution in [0.5, 0.6) is 0 Å². The first kappa shape index (κ1) is 25.3. The van der Waals surface area contributed by atoms with Crippen LogP contribution >= 0.6 is 11.6 Å². The molecule has 2 heterocycles. The van der Waals surface area contributed by atoms with Gasteiger partial charge in [-0.1, -0.05) is 30.7 Å². The number of hydrogen-bond donors (Lipinski definition) is 3. The minimum absolute atomic E-state index is 0.0348. The van der Waals surface area contributed by atoms with Crippen LogP contribution in [0, 0.1) is 0 Å². The molecule has 37 heavy (non-hydrogen) atoms. The van der Waals surface area contributed by atoms with Gasteiger partial charge in [-0.15, -0.1) is 0 Å². The van der Waals surface area contributed by atoms with Crippen molar-refractivity contribution in [1.29, 1.82) is 0 Å². The van der Waals surface area contributed by atoms with Gasteiger partial charge >= 0.3 is 0 Å². The number of nitrogens with two attached hydrogens (primary N) is 1. The number of aromatic nitrogens is 4. The Morgan fingerprint density at radius 3 is 2.38 bits per heavy atom. The van der Waals surface area contributed by atoms with Crippen molar-refractivity contribution in [2.24, 2.45) is 5.73 Å². The summed E-state index contributed by atoms with van der Waals surface area (Å²) in [6.07, 6.45) is 9.85. The van der Waals surface area contributed by atoms with Crippen molar-refractivity contribution in [3.8, 4) is 11.1 Å². The topological polar surface area (TPSA) is 136 Å². The van der Waals surface area contributed by atoms with Gasteiger partial charge in [0.15, 0.2) is 0 Å². The Morgan fingerprint density at radius 2 is 1.68 bits per heavy atom. The molecule has 4 aromatic rings. The Labute approximate surface area is 221 Å². The van der Waals surface area contributed by atoms with Crippen molar-refractivity contribution < 1.29 is 8.42 Å². The van der Waals surface area contributed by atoms with E-state index in [0.29, 0.717) is 18.0 Å². The van der Waals surface area contributed by atoms with Crippen LogP contribution in [0.1, 0.15) is 38.2 Å². The van der Waals surface area contributed by atoms with E-state index in [4.69, 9.17) is 22.3 Å². The molecule has 1 fully saturated rings. The van der Waals surface area contributed by atoms with Crippen molar-refractivity contribution >= 4 is 44.4 Å². The summed E-state index contributed by atoms with van der Waals surface area (Å²) in [6.45, 7) is 2.08. The molecule has 1 saturated carbocycles. The fourth-order valence-corrected chi connectivity index (χ4v) is 6.02. The van der Waals surface area contributed by atoms with E-state index in [1.807, 2.05) is 12.3 Å². The van der Waals surface area contributed by atoms with Crippen LogP contribution < -0.4 is 15.8 Å². The number of rotatable bonds is 7. The van der Waals surface area contributed by atoms with E-state index in [2.05, 4.69) is 38.0 Å². The Bertz CT molecular complexity index is 1520. The number of aryl methyl sites for hydroxylation is 1. The number of fused-ring (bicyclic) bond motifs is 1. The van der Waals surface area contributed by atoms with Crippen molar-refractivity contribution in [2.75, 3.05) is 10.0 Å². The lowest BCUT2D eigenvalue weighted by atomic mass is 9.92. The van der Waals surface area contributed by atoms with Crippen LogP contribution in [0.4, 0.5) is 11.9 Å². The van der Waals surface area contributed by atoms with Crippen molar-refractivity contribution in [2.45, 2.75) is 56.0 Å². The molecular formula is C26H28ClN7O2S. The van der Waals surface area contributed by atoms with Crippen molar-refractivity contribution in [3.63, 3.8) is 0 Å². The number of nitrogens with zero attached hydrogens (tertiary/aromatic N) is 4. The first-order valence-electron chi connectivity index (χ1n) is 12.2. The molecule has 0 saturated heterocycles. The Balaban J connectivity index is 1.37. The summed E-state index contributed by atoms with van der Waals surface area (Å²) in [6, 6.07) is 10.9. The highest BCUT2D eigenvalue weighted by atomic mass is 35.5. The fraction of sp³-hybridized carbons (Fsp3) is 0.308. The SMILES string of the molecule is CCc1cc(-c2cnc(NS(=O)(=O)c3ccccc3Cl)nc2)cc2cnc(N[C@H]3CC[C@H](N)CC3)nc12. The molecule has 11 heteroatoms. The van der Waals surface area contributed by atoms with Crippen LogP contribution in [0.15, 0.2) is 59.9 Å². The molecule has 0 unspecified atom stereocenters. The second-order valence-electron chi connectivity index (χ2n) is 9.21. The molecule has 0 spiro atoms. The molecule has 192 valence electrons. The molecule has 0 bridgehead atoms. The Morgan fingerprint density at radius 1 is 0.973 bits per heavy atom. The molecule has 5 rings (SSSR count). The number of hydrogen-bond acceptors (Lipinski definition) is 8. The molecule has 0 aliphatic heterocycles. The molecule has 1 aliphatic rings. The van der Waals surface area contributed by atoms with E-state index in [-0.39, 0.29) is 15.9 Å². The molecule has 2 aromatic carbocycles. The molecule has 0 atom stereocenters. The van der Waals surface area contributed by atoms with E-state index in [9.17, 15) is 8.42 Å². The van der Waals surface area contributed by atoms with E-state index < -0.39 is 10.0 Å². The highest BCUT2D eigenvalue weighted by molar-refractivity contribution is 7.92. The molecular weight excluding hydrogens is 510 g/mol. The second kappa shape index (κ2) is 10.6. The summed E-state index contributed by atoms with van der Waals surface area (Å²) in [5.41, 5.74) is 9.65. The van der Waals surface area contributed by atoms with Gasteiger partial charge in [-0.3, -0.25) is 0 Å². The first-order chi connectivity index (χ1) is 17.8. The standard InChI is InChI=1S/C26H28ClN7O2S/c1-2-16-11-17(12-18-13-31-26(33-24(16)18)32-21-9-7-20(28)8-10-21)19-14-29-25(30-15-19)34-37(35,36)23-6-4-3-5-22(23)27/h3-6,11-15,20-21H,2,7-10,28H2,1H3,(H,29,30,34)(H,31,32,33)/t20-,21-. The molecule has 9 nitrogen and oxygen atoms in total. The summed E-state index contributed by atoms with van der Waals surface area (Å²) in [4.78, 5) is 17.8. The minimum Gasteiger partial charge on any atom is -0.351 e. The van der Waals surface area contributed by atoms with Crippen LogP contribution in [-0.4, -0.2) is 40.4 Å². The maximum Gasteiger partial charge on any atom is 0.265 e. The first-order valence-corrected chi connectivity index (χ1v) is 14.1. The predicted molar refractivity (Wildman–Crippen MR) is 146 cm³/mol. The maximum atomic E-state index is 12.7. The quantitative estimate of drug-likeness (QED) is 0.306. The average Bonchev–Trinajstić information content (AvgIpc) is 2.90. The predicted octanol–water partition coefficient (Wildman–Crippen LogP) is 4.79. The molecule has 1 aliphatic carbocycles. The summed E-state index contributed by atoms with van der Waals surface area (Å²) < 4.78 is 27.7. The minimum atomic E-state index is -3.91. The largest absolute Gasteiger partial charge is 0.351 e. The van der Waals surface area contributed by atoms with E-state index in [0.717, 1.165) is 59.7 Å². The third-order valence-corrected chi connectivity index (χ3v) is 8.41.